The van der Waals surface area contributed by atoms with Gasteiger partial charge in [0.05, 0.1) is 12.2 Å². The van der Waals surface area contributed by atoms with Gasteiger partial charge in [0.15, 0.2) is 0 Å². The summed E-state index contributed by atoms with van der Waals surface area (Å²) in [7, 11) is 0. The largest absolute Gasteiger partial charge is 0.477 e. The van der Waals surface area contributed by atoms with Gasteiger partial charge in [0.2, 0.25) is 5.88 Å². The van der Waals surface area contributed by atoms with Gasteiger partial charge in [-0.1, -0.05) is 20.8 Å². The second-order valence-electron chi connectivity index (χ2n) is 5.89. The lowest BCUT2D eigenvalue weighted by atomic mass is 10.0. The monoisotopic (exact) mass is 293 g/mol. The highest BCUT2D eigenvalue weighted by Crippen LogP contribution is 2.30. The van der Waals surface area contributed by atoms with Gasteiger partial charge in [0.1, 0.15) is 12.1 Å². The predicted octanol–water partition coefficient (Wildman–Crippen LogP) is 3.23. The zero-order chi connectivity index (χ0) is 15.1. The summed E-state index contributed by atoms with van der Waals surface area (Å²) in [6.07, 6.45) is 4.80. The van der Waals surface area contributed by atoms with E-state index in [2.05, 4.69) is 36.1 Å². The van der Waals surface area contributed by atoms with Gasteiger partial charge >= 0.3 is 0 Å². The zero-order valence-corrected chi connectivity index (χ0v) is 13.4. The molecular formula is C16H27N3O2. The van der Waals surface area contributed by atoms with Gasteiger partial charge in [0.25, 0.3) is 0 Å². The molecule has 0 unspecified atom stereocenters. The maximum absolute atomic E-state index is 6.01. The molecule has 0 amide bonds. The topological polar surface area (TPSA) is 56.3 Å². The smallest absolute Gasteiger partial charge is 0.222 e. The Morgan fingerprint density at radius 3 is 2.76 bits per heavy atom. The van der Waals surface area contributed by atoms with Crippen molar-refractivity contribution in [3.05, 3.63) is 11.9 Å². The second-order valence-corrected chi connectivity index (χ2v) is 5.89. The van der Waals surface area contributed by atoms with E-state index in [1.807, 2.05) is 0 Å². The Morgan fingerprint density at radius 2 is 2.10 bits per heavy atom. The molecule has 1 saturated heterocycles. The average molecular weight is 293 g/mol. The Hall–Kier alpha value is -1.36. The fourth-order valence-corrected chi connectivity index (χ4v) is 2.51. The minimum Gasteiger partial charge on any atom is -0.477 e. The molecule has 1 aromatic rings. The van der Waals surface area contributed by atoms with Crippen LogP contribution in [0.1, 0.15) is 51.5 Å². The van der Waals surface area contributed by atoms with Crippen LogP contribution in [0.15, 0.2) is 6.33 Å². The van der Waals surface area contributed by atoms with Crippen molar-refractivity contribution >= 4 is 5.82 Å². The molecule has 1 fully saturated rings. The van der Waals surface area contributed by atoms with E-state index >= 15 is 0 Å². The summed E-state index contributed by atoms with van der Waals surface area (Å²) in [5, 5.41) is 3.37. The van der Waals surface area contributed by atoms with Crippen LogP contribution in [0.4, 0.5) is 5.82 Å². The van der Waals surface area contributed by atoms with Gasteiger partial charge in [-0.25, -0.2) is 9.97 Å². The number of rotatable bonds is 7. The number of hydrogen-bond acceptors (Lipinski definition) is 5. The molecule has 2 heterocycles. The number of ether oxygens (including phenoxy) is 2. The van der Waals surface area contributed by atoms with Crippen LogP contribution >= 0.6 is 0 Å². The van der Waals surface area contributed by atoms with Crippen LogP contribution in [0.3, 0.4) is 0 Å². The fourth-order valence-electron chi connectivity index (χ4n) is 2.51. The van der Waals surface area contributed by atoms with Gasteiger partial charge in [-0.05, 0) is 31.1 Å². The van der Waals surface area contributed by atoms with Gasteiger partial charge in [-0.2, -0.15) is 0 Å². The van der Waals surface area contributed by atoms with E-state index in [0.717, 1.165) is 56.3 Å². The van der Waals surface area contributed by atoms with Crippen molar-refractivity contribution in [1.82, 2.24) is 9.97 Å². The molecule has 0 bridgehead atoms. The van der Waals surface area contributed by atoms with E-state index in [-0.39, 0.29) is 0 Å². The van der Waals surface area contributed by atoms with Gasteiger partial charge in [-0.3, -0.25) is 0 Å². The van der Waals surface area contributed by atoms with E-state index in [4.69, 9.17) is 9.47 Å². The molecule has 1 aliphatic rings. The third-order valence-corrected chi connectivity index (χ3v) is 3.76. The Morgan fingerprint density at radius 1 is 1.33 bits per heavy atom. The van der Waals surface area contributed by atoms with Crippen molar-refractivity contribution < 1.29 is 9.47 Å². The van der Waals surface area contributed by atoms with Crippen molar-refractivity contribution in [2.75, 3.05) is 31.7 Å². The number of hydrogen-bond donors (Lipinski definition) is 1. The number of nitrogens with zero attached hydrogens (tertiary/aromatic N) is 2. The van der Waals surface area contributed by atoms with Crippen molar-refractivity contribution in [3.8, 4) is 5.88 Å². The first-order valence-electron chi connectivity index (χ1n) is 8.01. The molecular weight excluding hydrogens is 266 g/mol. The summed E-state index contributed by atoms with van der Waals surface area (Å²) in [5.41, 5.74) is 1.08. The highest BCUT2D eigenvalue weighted by Gasteiger charge is 2.19. The normalized spacial score (nSPS) is 16.2. The van der Waals surface area contributed by atoms with Crippen molar-refractivity contribution in [2.45, 2.75) is 46.0 Å². The Balaban J connectivity index is 2.06. The highest BCUT2D eigenvalue weighted by molar-refractivity contribution is 5.50. The third kappa shape index (κ3) is 4.56. The molecule has 1 aromatic heterocycles. The summed E-state index contributed by atoms with van der Waals surface area (Å²) < 4.78 is 11.4. The van der Waals surface area contributed by atoms with E-state index in [1.165, 1.54) is 0 Å². The van der Waals surface area contributed by atoms with Gasteiger partial charge in [-0.15, -0.1) is 0 Å². The first kappa shape index (κ1) is 16.0. The molecule has 0 aromatic carbocycles. The molecule has 0 atom stereocenters. The van der Waals surface area contributed by atoms with E-state index in [1.54, 1.807) is 6.33 Å². The lowest BCUT2D eigenvalue weighted by Gasteiger charge is -2.23. The Bertz CT molecular complexity index is 432. The van der Waals surface area contributed by atoms with Crippen LogP contribution in [0, 0.1) is 5.92 Å². The molecule has 118 valence electrons. The fraction of sp³-hybridized carbons (Fsp3) is 0.750. The molecule has 0 aliphatic carbocycles. The van der Waals surface area contributed by atoms with Gasteiger partial charge < -0.3 is 14.8 Å². The van der Waals surface area contributed by atoms with Crippen molar-refractivity contribution in [1.29, 1.82) is 0 Å². The lowest BCUT2D eigenvalue weighted by Crippen LogP contribution is -2.22. The zero-order valence-electron chi connectivity index (χ0n) is 13.4. The maximum Gasteiger partial charge on any atom is 0.222 e. The number of anilines is 1. The molecule has 0 saturated carbocycles. The SMILES string of the molecule is CCCNc1ncnc(OCC2CCOCC2)c1C(C)C. The lowest BCUT2D eigenvalue weighted by molar-refractivity contribution is 0.0488. The minimum absolute atomic E-state index is 0.329. The Kier molecular flexibility index (Phi) is 6.23. The van der Waals surface area contributed by atoms with E-state index in [9.17, 15) is 0 Å². The van der Waals surface area contributed by atoms with Crippen molar-refractivity contribution in [2.24, 2.45) is 5.92 Å². The molecule has 2 rings (SSSR count). The van der Waals surface area contributed by atoms with Crippen LogP contribution < -0.4 is 10.1 Å². The van der Waals surface area contributed by atoms with Crippen molar-refractivity contribution in [3.63, 3.8) is 0 Å². The summed E-state index contributed by atoms with van der Waals surface area (Å²) in [4.78, 5) is 8.72. The molecule has 21 heavy (non-hydrogen) atoms. The number of aromatic nitrogens is 2. The van der Waals surface area contributed by atoms with Crippen LogP contribution in [0.25, 0.3) is 0 Å². The molecule has 0 spiro atoms. The number of nitrogens with one attached hydrogen (secondary N) is 1. The van der Waals surface area contributed by atoms with E-state index in [0.29, 0.717) is 18.4 Å². The molecule has 0 radical (unpaired) electrons. The summed E-state index contributed by atoms with van der Waals surface area (Å²) in [6.45, 7) is 9.76. The molecule has 5 heteroatoms. The average Bonchev–Trinajstić information content (AvgIpc) is 2.51. The Labute approximate surface area is 127 Å². The summed E-state index contributed by atoms with van der Waals surface area (Å²) in [6, 6.07) is 0. The maximum atomic E-state index is 6.01. The first-order chi connectivity index (χ1) is 10.2. The van der Waals surface area contributed by atoms with Crippen LogP contribution in [0.2, 0.25) is 0 Å². The summed E-state index contributed by atoms with van der Waals surface area (Å²) in [5.74, 6) is 2.53. The second kappa shape index (κ2) is 8.17. The van der Waals surface area contributed by atoms with Gasteiger partial charge in [0, 0.05) is 19.8 Å². The van der Waals surface area contributed by atoms with Crippen LogP contribution in [0.5, 0.6) is 5.88 Å². The molecule has 1 N–H and O–H groups in total. The molecule has 1 aliphatic heterocycles. The quantitative estimate of drug-likeness (QED) is 0.836. The van der Waals surface area contributed by atoms with E-state index < -0.39 is 0 Å². The minimum atomic E-state index is 0.329. The third-order valence-electron chi connectivity index (χ3n) is 3.76. The summed E-state index contributed by atoms with van der Waals surface area (Å²) >= 11 is 0. The van der Waals surface area contributed by atoms with Crippen LogP contribution in [-0.4, -0.2) is 36.3 Å². The standard InChI is InChI=1S/C16H27N3O2/c1-4-7-17-15-14(12(2)3)16(19-11-18-15)21-10-13-5-8-20-9-6-13/h11-13H,4-10H2,1-3H3,(H,17,18,19). The molecule has 5 nitrogen and oxygen atoms in total. The first-order valence-corrected chi connectivity index (χ1v) is 8.01. The predicted molar refractivity (Wildman–Crippen MR) is 83.9 cm³/mol. The highest BCUT2D eigenvalue weighted by atomic mass is 16.5. The van der Waals surface area contributed by atoms with Crippen LogP contribution in [-0.2, 0) is 4.74 Å².